The Morgan fingerprint density at radius 2 is 2.10 bits per heavy atom. The number of pyridine rings is 1. The zero-order valence-electron chi connectivity index (χ0n) is 16.7. The van der Waals surface area contributed by atoms with Crippen LogP contribution in [-0.2, 0) is 17.8 Å². The maximum Gasteiger partial charge on any atom is 0.276 e. The van der Waals surface area contributed by atoms with Crippen molar-refractivity contribution in [1.29, 1.82) is 0 Å². The second-order valence-corrected chi connectivity index (χ2v) is 7.55. The minimum Gasteiger partial charge on any atom is -0.503 e. The van der Waals surface area contributed by atoms with Crippen LogP contribution in [0, 0.1) is 11.6 Å². The largest absolute Gasteiger partial charge is 0.503 e. The molecule has 2 N–H and O–H groups in total. The van der Waals surface area contributed by atoms with Gasteiger partial charge in [-0.25, -0.2) is 8.78 Å². The van der Waals surface area contributed by atoms with Gasteiger partial charge in [0.25, 0.3) is 5.91 Å². The van der Waals surface area contributed by atoms with Gasteiger partial charge in [-0.3, -0.25) is 14.4 Å². The fraction of sp³-hybridized carbons (Fsp3) is 0.381. The number of benzene rings is 1. The Morgan fingerprint density at radius 3 is 2.81 bits per heavy atom. The third-order valence-electron chi connectivity index (χ3n) is 5.62. The van der Waals surface area contributed by atoms with Crippen LogP contribution in [0.3, 0.4) is 0 Å². The van der Waals surface area contributed by atoms with Gasteiger partial charge in [-0.1, -0.05) is 13.0 Å². The van der Waals surface area contributed by atoms with Crippen molar-refractivity contribution < 1.29 is 28.2 Å². The van der Waals surface area contributed by atoms with Crippen molar-refractivity contribution in [2.45, 2.75) is 38.7 Å². The van der Waals surface area contributed by atoms with Crippen LogP contribution in [0.15, 0.2) is 29.2 Å². The van der Waals surface area contributed by atoms with Gasteiger partial charge in [-0.15, -0.1) is 0 Å². The van der Waals surface area contributed by atoms with Gasteiger partial charge in [0.15, 0.2) is 23.5 Å². The number of rotatable bonds is 6. The van der Waals surface area contributed by atoms with Crippen molar-refractivity contribution in [3.05, 3.63) is 63.1 Å². The lowest BCUT2D eigenvalue weighted by molar-refractivity contribution is 0.00564. The van der Waals surface area contributed by atoms with Crippen LogP contribution in [0.25, 0.3) is 0 Å². The minimum atomic E-state index is -0.939. The van der Waals surface area contributed by atoms with Crippen molar-refractivity contribution >= 4 is 11.7 Å². The van der Waals surface area contributed by atoms with Crippen LogP contribution in [0.5, 0.6) is 5.75 Å². The van der Waals surface area contributed by atoms with Gasteiger partial charge in [0.1, 0.15) is 11.6 Å². The molecule has 2 aliphatic heterocycles. The summed E-state index contributed by atoms with van der Waals surface area (Å²) >= 11 is 0. The maximum atomic E-state index is 13.7. The highest BCUT2D eigenvalue weighted by atomic mass is 19.1. The Morgan fingerprint density at radius 1 is 1.32 bits per heavy atom. The van der Waals surface area contributed by atoms with E-state index >= 15 is 0 Å². The molecule has 1 fully saturated rings. The summed E-state index contributed by atoms with van der Waals surface area (Å²) in [6, 6.07) is 2.95. The molecule has 164 valence electrons. The lowest BCUT2D eigenvalue weighted by Crippen LogP contribution is -2.49. The number of ketones is 1. The molecular formula is C21H21F2N3O5. The molecule has 1 unspecified atom stereocenters. The number of amides is 1. The predicted molar refractivity (Wildman–Crippen MR) is 105 cm³/mol. The van der Waals surface area contributed by atoms with Crippen molar-refractivity contribution in [2.75, 3.05) is 13.2 Å². The normalized spacial score (nSPS) is 20.0. The highest BCUT2D eigenvalue weighted by Gasteiger charge is 2.43. The Bertz CT molecular complexity index is 1120. The highest BCUT2D eigenvalue weighted by Crippen LogP contribution is 2.30. The molecule has 3 heterocycles. The average Bonchev–Trinajstić information content (AvgIpc) is 3.15. The van der Waals surface area contributed by atoms with Crippen molar-refractivity contribution in [2.24, 2.45) is 0 Å². The number of halogens is 2. The highest BCUT2D eigenvalue weighted by molar-refractivity contribution is 6.00. The van der Waals surface area contributed by atoms with E-state index < -0.39 is 40.7 Å². The van der Waals surface area contributed by atoms with Gasteiger partial charge >= 0.3 is 0 Å². The minimum absolute atomic E-state index is 0.0577. The van der Waals surface area contributed by atoms with Crippen LogP contribution in [0.4, 0.5) is 8.78 Å². The summed E-state index contributed by atoms with van der Waals surface area (Å²) in [5.74, 6) is -3.39. The van der Waals surface area contributed by atoms with Crippen LogP contribution in [-0.4, -0.2) is 51.7 Å². The average molecular weight is 433 g/mol. The van der Waals surface area contributed by atoms with Crippen molar-refractivity contribution in [3.63, 3.8) is 0 Å². The summed E-state index contributed by atoms with van der Waals surface area (Å²) < 4.78 is 33.7. The molecule has 10 heteroatoms. The van der Waals surface area contributed by atoms with E-state index in [1.54, 1.807) is 0 Å². The van der Waals surface area contributed by atoms with E-state index in [9.17, 15) is 28.3 Å². The summed E-state index contributed by atoms with van der Waals surface area (Å²) in [5.41, 5.74) is -1.23. The van der Waals surface area contributed by atoms with Crippen LogP contribution in [0.2, 0.25) is 0 Å². The third kappa shape index (κ3) is 3.72. The number of hydrogen-bond acceptors (Lipinski definition) is 6. The van der Waals surface area contributed by atoms with Crippen molar-refractivity contribution in [3.8, 4) is 5.75 Å². The van der Waals surface area contributed by atoms with Gasteiger partial charge < -0.3 is 24.6 Å². The van der Waals surface area contributed by atoms with E-state index in [4.69, 9.17) is 4.74 Å². The van der Waals surface area contributed by atoms with Crippen LogP contribution >= 0.6 is 0 Å². The standard InChI is InChI=1S/C21H21F2N3O5/c1-2-13-10-31-17-9-25-8-14(19(28)20(29)18(25)21(30)26(13)17)16(27)7-24-6-11-3-4-12(22)5-15(11)23/h3-5,8,13,17,24,29H,2,6-7,9-10H2,1H3/t13?,17-/m1/s1. The molecule has 1 saturated heterocycles. The number of ether oxygens (including phenoxy) is 1. The van der Waals surface area contributed by atoms with Gasteiger partial charge in [0, 0.05) is 24.4 Å². The molecule has 0 bridgehead atoms. The monoisotopic (exact) mass is 433 g/mol. The lowest BCUT2D eigenvalue weighted by Gasteiger charge is -2.34. The number of aromatic hydroxyl groups is 1. The first-order valence-corrected chi connectivity index (χ1v) is 9.90. The van der Waals surface area contributed by atoms with Gasteiger partial charge in [-0.2, -0.15) is 0 Å². The molecule has 2 atom stereocenters. The SMILES string of the molecule is CCC1CO[C@@H]2Cn3cc(C(=O)CNCc4ccc(F)cc4F)c(=O)c(O)c3C(=O)N12. The Hall–Kier alpha value is -3.11. The predicted octanol–water partition coefficient (Wildman–Crippen LogP) is 1.40. The summed E-state index contributed by atoms with van der Waals surface area (Å²) in [6.45, 7) is 2.08. The summed E-state index contributed by atoms with van der Waals surface area (Å²) in [5, 5.41) is 13.1. The smallest absolute Gasteiger partial charge is 0.276 e. The first-order chi connectivity index (χ1) is 14.8. The molecule has 8 nitrogen and oxygen atoms in total. The molecule has 0 aliphatic carbocycles. The van der Waals surface area contributed by atoms with Gasteiger partial charge in [-0.05, 0) is 12.5 Å². The number of nitrogens with one attached hydrogen (secondary N) is 1. The molecule has 2 aromatic rings. The lowest BCUT2D eigenvalue weighted by atomic mass is 10.1. The Kier molecular flexibility index (Phi) is 5.59. The van der Waals surface area contributed by atoms with Crippen molar-refractivity contribution in [1.82, 2.24) is 14.8 Å². The third-order valence-corrected chi connectivity index (χ3v) is 5.62. The fourth-order valence-corrected chi connectivity index (χ4v) is 3.95. The number of nitrogens with zero attached hydrogens (tertiary/aromatic N) is 2. The molecule has 31 heavy (non-hydrogen) atoms. The quantitative estimate of drug-likeness (QED) is 0.668. The Balaban J connectivity index is 1.54. The summed E-state index contributed by atoms with van der Waals surface area (Å²) in [7, 11) is 0. The number of hydrogen-bond donors (Lipinski definition) is 2. The molecule has 1 aromatic carbocycles. The number of aromatic nitrogens is 1. The first kappa shape index (κ1) is 21.1. The first-order valence-electron chi connectivity index (χ1n) is 9.90. The number of carbonyl (C=O) groups is 2. The molecule has 1 amide bonds. The van der Waals surface area contributed by atoms with E-state index in [1.165, 1.54) is 21.7 Å². The number of Topliss-reactive ketones (excluding diaryl/α,β-unsaturated/α-hetero) is 1. The van der Waals surface area contributed by atoms with Crippen LogP contribution < -0.4 is 10.7 Å². The van der Waals surface area contributed by atoms with E-state index in [0.29, 0.717) is 13.0 Å². The second-order valence-electron chi connectivity index (χ2n) is 7.55. The molecule has 0 saturated carbocycles. The van der Waals surface area contributed by atoms with E-state index in [0.717, 1.165) is 12.1 Å². The maximum absolute atomic E-state index is 13.7. The molecule has 0 spiro atoms. The fourth-order valence-electron chi connectivity index (χ4n) is 3.95. The zero-order chi connectivity index (χ0) is 22.3. The van der Waals surface area contributed by atoms with Gasteiger partial charge in [0.2, 0.25) is 5.43 Å². The molecule has 0 radical (unpaired) electrons. The topological polar surface area (TPSA) is 101 Å². The second kappa shape index (κ2) is 8.20. The molecule has 2 aliphatic rings. The molecular weight excluding hydrogens is 412 g/mol. The Labute approximate surface area is 176 Å². The van der Waals surface area contributed by atoms with Gasteiger partial charge in [0.05, 0.1) is 31.3 Å². The van der Waals surface area contributed by atoms with E-state index in [-0.39, 0.29) is 42.5 Å². The number of carbonyl (C=O) groups excluding carboxylic acids is 2. The van der Waals surface area contributed by atoms with E-state index in [1.807, 2.05) is 6.92 Å². The number of fused-ring (bicyclic) bond motifs is 2. The summed E-state index contributed by atoms with van der Waals surface area (Å²) in [6.07, 6.45) is 1.39. The van der Waals surface area contributed by atoms with E-state index in [2.05, 4.69) is 5.32 Å². The van der Waals surface area contributed by atoms with Crippen LogP contribution in [0.1, 0.15) is 39.8 Å². The molecule has 4 rings (SSSR count). The zero-order valence-corrected chi connectivity index (χ0v) is 16.7. The molecule has 1 aromatic heterocycles. The summed E-state index contributed by atoms with van der Waals surface area (Å²) in [4.78, 5) is 39.5.